The van der Waals surface area contributed by atoms with Crippen molar-refractivity contribution < 1.29 is 14.6 Å². The molecule has 1 aromatic heterocycles. The number of nitrogens with zero attached hydrogens (tertiary/aromatic N) is 1. The van der Waals surface area contributed by atoms with Crippen molar-refractivity contribution in [3.05, 3.63) is 65.4 Å². The van der Waals surface area contributed by atoms with Crippen molar-refractivity contribution in [2.45, 2.75) is 25.9 Å². The predicted octanol–water partition coefficient (Wildman–Crippen LogP) is 4.03. The fourth-order valence-corrected chi connectivity index (χ4v) is 3.96. The van der Waals surface area contributed by atoms with Gasteiger partial charge in [-0.1, -0.05) is 12.1 Å². The molecule has 32 heavy (non-hydrogen) atoms. The minimum Gasteiger partial charge on any atom is -0.508 e. The Balaban J connectivity index is 1.41. The minimum atomic E-state index is -0.256. The zero-order valence-corrected chi connectivity index (χ0v) is 17.7. The van der Waals surface area contributed by atoms with E-state index in [1.54, 1.807) is 24.4 Å². The normalized spacial score (nSPS) is 17.0. The number of anilines is 5. The van der Waals surface area contributed by atoms with Gasteiger partial charge in [0, 0.05) is 37.1 Å². The Bertz CT molecular complexity index is 1170. The fraction of sp³-hybridized carbons (Fsp3) is 0.250. The van der Waals surface area contributed by atoms with Crippen molar-refractivity contribution in [1.82, 2.24) is 10.3 Å². The number of aromatic nitrogens is 1. The monoisotopic (exact) mass is 431 g/mol. The van der Waals surface area contributed by atoms with Crippen LogP contribution >= 0.6 is 0 Å². The second-order valence-electron chi connectivity index (χ2n) is 8.11. The number of aryl methyl sites for hydroxylation is 1. The smallest absolute Gasteiger partial charge is 0.261 e. The van der Waals surface area contributed by atoms with Crippen molar-refractivity contribution in [1.29, 1.82) is 0 Å². The molecule has 2 aromatic carbocycles. The summed E-state index contributed by atoms with van der Waals surface area (Å²) < 4.78 is 5.41. The quantitative estimate of drug-likeness (QED) is 0.415. The lowest BCUT2D eigenvalue weighted by Crippen LogP contribution is -2.28. The van der Waals surface area contributed by atoms with Gasteiger partial charge in [-0.2, -0.15) is 0 Å². The number of nitrogens with one attached hydrogen (secondary N) is 4. The lowest BCUT2D eigenvalue weighted by molar-refractivity contribution is 0.102. The number of pyridine rings is 1. The molecular formula is C24H25N5O3. The molecule has 1 atom stereocenters. The van der Waals surface area contributed by atoms with Gasteiger partial charge in [0.2, 0.25) is 0 Å². The second kappa shape index (κ2) is 8.49. The van der Waals surface area contributed by atoms with Gasteiger partial charge in [0.1, 0.15) is 17.1 Å². The topological polar surface area (TPSA) is 108 Å². The molecule has 164 valence electrons. The molecule has 3 heterocycles. The van der Waals surface area contributed by atoms with Crippen molar-refractivity contribution >= 4 is 34.5 Å². The summed E-state index contributed by atoms with van der Waals surface area (Å²) in [5.41, 5.74) is 5.24. The summed E-state index contributed by atoms with van der Waals surface area (Å²) in [5.74, 6) is 0.366. The lowest BCUT2D eigenvalue weighted by atomic mass is 10.1. The third-order valence-corrected chi connectivity index (χ3v) is 5.78. The highest BCUT2D eigenvalue weighted by Crippen LogP contribution is 2.36. The van der Waals surface area contributed by atoms with E-state index in [-0.39, 0.29) is 11.7 Å². The molecule has 2 aliphatic heterocycles. The summed E-state index contributed by atoms with van der Waals surface area (Å²) in [7, 11) is 0. The molecule has 1 fully saturated rings. The molecule has 2 aliphatic rings. The number of ether oxygens (including phenoxy) is 1. The molecule has 0 bridgehead atoms. The Morgan fingerprint density at radius 3 is 2.88 bits per heavy atom. The molecule has 5 rings (SSSR count). The number of aromatic hydroxyl groups is 1. The van der Waals surface area contributed by atoms with Crippen LogP contribution in [0.15, 0.2) is 48.7 Å². The number of hydrogen-bond acceptors (Lipinski definition) is 7. The van der Waals surface area contributed by atoms with Gasteiger partial charge in [0.15, 0.2) is 0 Å². The Kier molecular flexibility index (Phi) is 5.38. The average Bonchev–Trinajstić information content (AvgIpc) is 3.25. The van der Waals surface area contributed by atoms with Gasteiger partial charge in [-0.15, -0.1) is 0 Å². The van der Waals surface area contributed by atoms with E-state index in [1.165, 1.54) is 0 Å². The molecule has 0 aliphatic carbocycles. The third-order valence-electron chi connectivity index (χ3n) is 5.78. The van der Waals surface area contributed by atoms with Gasteiger partial charge in [-0.3, -0.25) is 4.79 Å². The molecule has 1 amide bonds. The molecule has 0 radical (unpaired) electrons. The van der Waals surface area contributed by atoms with E-state index in [0.717, 1.165) is 42.1 Å². The Hall–Kier alpha value is -3.62. The molecule has 5 N–H and O–H groups in total. The Morgan fingerprint density at radius 2 is 2.03 bits per heavy atom. The summed E-state index contributed by atoms with van der Waals surface area (Å²) in [5, 5.41) is 22.9. The first-order valence-electron chi connectivity index (χ1n) is 10.6. The summed E-state index contributed by atoms with van der Waals surface area (Å²) in [4.78, 5) is 17.6. The second-order valence-corrected chi connectivity index (χ2v) is 8.11. The predicted molar refractivity (Wildman–Crippen MR) is 124 cm³/mol. The molecule has 0 saturated carbocycles. The van der Waals surface area contributed by atoms with Crippen LogP contribution in [0.25, 0.3) is 0 Å². The number of carbonyl (C=O) groups excluding carboxylic acids is 1. The maximum atomic E-state index is 13.2. The zero-order chi connectivity index (χ0) is 22.1. The van der Waals surface area contributed by atoms with Gasteiger partial charge in [-0.25, -0.2) is 4.98 Å². The summed E-state index contributed by atoms with van der Waals surface area (Å²) in [6.45, 7) is 4.17. The van der Waals surface area contributed by atoms with E-state index in [9.17, 15) is 9.90 Å². The standard InChI is InChI=1S/C24H25N5O3/c1-14-2-4-17(30)11-20(14)27-19-6-8-25-23-22(19)24(31)29-21-10-15(3-5-18(21)28-23)12-26-16-7-9-32-13-16/h2-6,8,10-11,16,26,30H,7,9,12-13H2,1H3,(H,29,31)(H2,25,27,28). The van der Waals surface area contributed by atoms with Crippen LogP contribution in [0, 0.1) is 6.92 Å². The first kappa shape index (κ1) is 20.3. The van der Waals surface area contributed by atoms with Crippen LogP contribution < -0.4 is 21.3 Å². The summed E-state index contributed by atoms with van der Waals surface area (Å²) in [6, 6.07) is 13.2. The SMILES string of the molecule is Cc1ccc(O)cc1Nc1ccnc2c1C(=O)Nc1cc(CNC3CCOC3)ccc1N2. The van der Waals surface area contributed by atoms with E-state index in [0.29, 0.717) is 35.3 Å². The molecule has 8 nitrogen and oxygen atoms in total. The van der Waals surface area contributed by atoms with Crippen LogP contribution in [0.4, 0.5) is 28.6 Å². The van der Waals surface area contributed by atoms with Crippen molar-refractivity contribution in [3.63, 3.8) is 0 Å². The van der Waals surface area contributed by atoms with Crippen LogP contribution in [-0.2, 0) is 11.3 Å². The Labute approximate surface area is 186 Å². The summed E-state index contributed by atoms with van der Waals surface area (Å²) in [6.07, 6.45) is 2.66. The van der Waals surface area contributed by atoms with Gasteiger partial charge >= 0.3 is 0 Å². The molecule has 1 saturated heterocycles. The van der Waals surface area contributed by atoms with E-state index in [2.05, 4.69) is 26.3 Å². The van der Waals surface area contributed by atoms with Crippen molar-refractivity contribution in [2.75, 3.05) is 29.2 Å². The molecule has 1 unspecified atom stereocenters. The number of carbonyl (C=O) groups is 1. The van der Waals surface area contributed by atoms with Gasteiger partial charge in [0.25, 0.3) is 5.91 Å². The van der Waals surface area contributed by atoms with Crippen LogP contribution in [0.5, 0.6) is 5.75 Å². The van der Waals surface area contributed by atoms with Crippen LogP contribution in [0.2, 0.25) is 0 Å². The van der Waals surface area contributed by atoms with E-state index in [1.807, 2.05) is 31.2 Å². The highest BCUT2D eigenvalue weighted by Gasteiger charge is 2.24. The van der Waals surface area contributed by atoms with Crippen molar-refractivity contribution in [2.24, 2.45) is 0 Å². The Morgan fingerprint density at radius 1 is 1.12 bits per heavy atom. The van der Waals surface area contributed by atoms with Gasteiger partial charge in [0.05, 0.1) is 23.7 Å². The average molecular weight is 431 g/mol. The fourth-order valence-electron chi connectivity index (χ4n) is 3.96. The van der Waals surface area contributed by atoms with Crippen molar-refractivity contribution in [3.8, 4) is 5.75 Å². The number of amides is 1. The highest BCUT2D eigenvalue weighted by atomic mass is 16.5. The lowest BCUT2D eigenvalue weighted by Gasteiger charge is -2.14. The van der Waals surface area contributed by atoms with Crippen LogP contribution in [0.1, 0.15) is 27.9 Å². The number of rotatable bonds is 5. The van der Waals surface area contributed by atoms with Gasteiger partial charge < -0.3 is 31.1 Å². The first-order valence-corrected chi connectivity index (χ1v) is 10.6. The molecule has 3 aromatic rings. The van der Waals surface area contributed by atoms with E-state index >= 15 is 0 Å². The highest BCUT2D eigenvalue weighted by molar-refractivity contribution is 6.15. The van der Waals surface area contributed by atoms with Gasteiger partial charge in [-0.05, 0) is 48.7 Å². The molecular weight excluding hydrogens is 406 g/mol. The maximum absolute atomic E-state index is 13.2. The first-order chi connectivity index (χ1) is 15.6. The number of phenolic OH excluding ortho intramolecular Hbond substituents is 1. The van der Waals surface area contributed by atoms with Crippen LogP contribution in [-0.4, -0.2) is 35.3 Å². The number of phenols is 1. The molecule has 0 spiro atoms. The largest absolute Gasteiger partial charge is 0.508 e. The number of fused-ring (bicyclic) bond motifs is 2. The minimum absolute atomic E-state index is 0.151. The molecule has 8 heteroatoms. The van der Waals surface area contributed by atoms with E-state index < -0.39 is 0 Å². The number of benzene rings is 2. The zero-order valence-electron chi connectivity index (χ0n) is 17.7. The summed E-state index contributed by atoms with van der Waals surface area (Å²) >= 11 is 0. The maximum Gasteiger partial charge on any atom is 0.261 e. The van der Waals surface area contributed by atoms with Crippen LogP contribution in [0.3, 0.4) is 0 Å². The third kappa shape index (κ3) is 4.10. The van der Waals surface area contributed by atoms with E-state index in [4.69, 9.17) is 4.74 Å². The number of hydrogen-bond donors (Lipinski definition) is 5.